The van der Waals surface area contributed by atoms with E-state index in [0.717, 1.165) is 45.8 Å². The minimum Gasteiger partial charge on any atom is -0.388 e. The van der Waals surface area contributed by atoms with Gasteiger partial charge in [-0.3, -0.25) is 9.69 Å². The molecule has 0 bridgehead atoms. The first-order valence-corrected chi connectivity index (χ1v) is 10.3. The average molecular weight is 412 g/mol. The smallest absolute Gasteiger partial charge is 0.253 e. The van der Waals surface area contributed by atoms with Crippen molar-refractivity contribution >= 4 is 17.5 Å². The lowest BCUT2D eigenvalue weighted by Crippen LogP contribution is -2.60. The molecule has 1 aromatic rings. The van der Waals surface area contributed by atoms with E-state index in [9.17, 15) is 15.0 Å². The number of nitrogens with zero attached hydrogens (tertiary/aromatic N) is 2. The molecule has 3 rings (SSSR count). The molecule has 0 aromatic heterocycles. The Labute approximate surface area is 171 Å². The molecule has 2 atom stereocenters. The van der Waals surface area contributed by atoms with Crippen LogP contribution in [-0.2, 0) is 4.74 Å². The van der Waals surface area contributed by atoms with Crippen LogP contribution in [0.1, 0.15) is 23.2 Å². The molecule has 0 saturated carbocycles. The molecule has 8 heteroatoms. The van der Waals surface area contributed by atoms with Gasteiger partial charge in [-0.15, -0.1) is 0 Å². The number of morpholine rings is 1. The van der Waals surface area contributed by atoms with Gasteiger partial charge in [0.2, 0.25) is 0 Å². The summed E-state index contributed by atoms with van der Waals surface area (Å²) in [4.78, 5) is 16.5. The Morgan fingerprint density at radius 3 is 2.64 bits per heavy atom. The Hall–Kier alpha value is -1.22. The molecule has 156 valence electrons. The lowest BCUT2D eigenvalue weighted by atomic mass is 9.88. The quantitative estimate of drug-likeness (QED) is 0.569. The summed E-state index contributed by atoms with van der Waals surface area (Å²) in [6.07, 6.45) is 0.335. The third-order valence-corrected chi connectivity index (χ3v) is 5.82. The highest BCUT2D eigenvalue weighted by molar-refractivity contribution is 6.30. The number of aliphatic hydroxyl groups is 2. The van der Waals surface area contributed by atoms with Gasteiger partial charge in [-0.05, 0) is 50.2 Å². The molecule has 7 nitrogen and oxygen atoms in total. The van der Waals surface area contributed by atoms with Gasteiger partial charge in [-0.2, -0.15) is 0 Å². The SMILES string of the molecule is O=C(c1ccc(Cl)cc1)N1CC[C@](O)(CNCCCN2CCOCC2)[C@@H](O)C1. The van der Waals surface area contributed by atoms with E-state index in [2.05, 4.69) is 10.2 Å². The number of carbonyl (C=O) groups excluding carboxylic acids is 1. The molecular formula is C20H30ClN3O4. The summed E-state index contributed by atoms with van der Waals surface area (Å²) in [5, 5.41) is 25.1. The summed E-state index contributed by atoms with van der Waals surface area (Å²) in [5.41, 5.74) is -0.682. The normalized spacial score (nSPS) is 26.4. The maximum Gasteiger partial charge on any atom is 0.253 e. The minimum absolute atomic E-state index is 0.118. The molecule has 0 aliphatic carbocycles. The number of benzene rings is 1. The van der Waals surface area contributed by atoms with Crippen molar-refractivity contribution in [1.29, 1.82) is 0 Å². The van der Waals surface area contributed by atoms with E-state index < -0.39 is 11.7 Å². The zero-order chi connectivity index (χ0) is 20.0. The van der Waals surface area contributed by atoms with Gasteiger partial charge in [0.05, 0.1) is 13.2 Å². The molecule has 2 aliphatic rings. The van der Waals surface area contributed by atoms with Crippen LogP contribution < -0.4 is 5.32 Å². The minimum atomic E-state index is -1.21. The van der Waals surface area contributed by atoms with Gasteiger partial charge in [0, 0.05) is 43.3 Å². The van der Waals surface area contributed by atoms with Gasteiger partial charge in [-0.1, -0.05) is 11.6 Å². The predicted molar refractivity (Wildman–Crippen MR) is 108 cm³/mol. The summed E-state index contributed by atoms with van der Waals surface area (Å²) in [5.74, 6) is -0.156. The number of carbonyl (C=O) groups is 1. The zero-order valence-electron chi connectivity index (χ0n) is 16.1. The van der Waals surface area contributed by atoms with Crippen molar-refractivity contribution < 1.29 is 19.7 Å². The van der Waals surface area contributed by atoms with Gasteiger partial charge in [0.15, 0.2) is 0 Å². The molecule has 0 unspecified atom stereocenters. The molecule has 3 N–H and O–H groups in total. The average Bonchev–Trinajstić information content (AvgIpc) is 2.71. The fourth-order valence-corrected chi connectivity index (χ4v) is 3.81. The lowest BCUT2D eigenvalue weighted by Gasteiger charge is -2.42. The summed E-state index contributed by atoms with van der Waals surface area (Å²) >= 11 is 5.86. The summed E-state index contributed by atoms with van der Waals surface area (Å²) in [7, 11) is 0. The number of halogens is 1. The molecule has 2 aliphatic heterocycles. The highest BCUT2D eigenvalue weighted by Crippen LogP contribution is 2.24. The summed E-state index contributed by atoms with van der Waals surface area (Å²) in [6, 6.07) is 6.69. The van der Waals surface area contributed by atoms with Crippen molar-refractivity contribution in [2.45, 2.75) is 24.5 Å². The van der Waals surface area contributed by atoms with E-state index in [1.807, 2.05) is 0 Å². The monoisotopic (exact) mass is 411 g/mol. The lowest BCUT2D eigenvalue weighted by molar-refractivity contribution is -0.110. The molecule has 0 radical (unpaired) electrons. The van der Waals surface area contributed by atoms with Crippen molar-refractivity contribution in [3.8, 4) is 0 Å². The van der Waals surface area contributed by atoms with Crippen LogP contribution in [0.15, 0.2) is 24.3 Å². The number of hydrogen-bond acceptors (Lipinski definition) is 6. The van der Waals surface area contributed by atoms with Gasteiger partial charge in [-0.25, -0.2) is 0 Å². The largest absolute Gasteiger partial charge is 0.388 e. The molecule has 1 aromatic carbocycles. The third-order valence-electron chi connectivity index (χ3n) is 5.57. The molecule has 2 saturated heterocycles. The number of aliphatic hydroxyl groups excluding tert-OH is 1. The van der Waals surface area contributed by atoms with Gasteiger partial charge >= 0.3 is 0 Å². The number of nitrogens with one attached hydrogen (secondary N) is 1. The number of β-amino-alcohol motifs (C(OH)–C–C–N with tert-alkyl or cyclic N) is 1. The fraction of sp³-hybridized carbons (Fsp3) is 0.650. The second-order valence-electron chi connectivity index (χ2n) is 7.61. The van der Waals surface area contributed by atoms with Crippen LogP contribution in [0.4, 0.5) is 0 Å². The van der Waals surface area contributed by atoms with Crippen LogP contribution in [0, 0.1) is 0 Å². The molecular weight excluding hydrogens is 382 g/mol. The Balaban J connectivity index is 1.40. The van der Waals surface area contributed by atoms with Crippen LogP contribution in [-0.4, -0.2) is 96.7 Å². The van der Waals surface area contributed by atoms with Gasteiger partial charge in [0.1, 0.15) is 11.7 Å². The summed E-state index contributed by atoms with van der Waals surface area (Å²) < 4.78 is 5.34. The molecule has 2 heterocycles. The van der Waals surface area contributed by atoms with Gasteiger partial charge in [0.25, 0.3) is 5.91 Å². The first-order valence-electron chi connectivity index (χ1n) is 9.94. The van der Waals surface area contributed by atoms with Gasteiger partial charge < -0.3 is 25.2 Å². The van der Waals surface area contributed by atoms with Crippen molar-refractivity contribution in [2.24, 2.45) is 0 Å². The second kappa shape index (κ2) is 10.0. The van der Waals surface area contributed by atoms with E-state index in [1.54, 1.807) is 29.2 Å². The van der Waals surface area contributed by atoms with Crippen LogP contribution in [0.5, 0.6) is 0 Å². The van der Waals surface area contributed by atoms with Crippen LogP contribution in [0.2, 0.25) is 5.02 Å². The predicted octanol–water partition coefficient (Wildman–Crippen LogP) is 0.590. The molecule has 0 spiro atoms. The van der Waals surface area contributed by atoms with Crippen LogP contribution >= 0.6 is 11.6 Å². The molecule has 28 heavy (non-hydrogen) atoms. The highest BCUT2D eigenvalue weighted by atomic mass is 35.5. The topological polar surface area (TPSA) is 85.3 Å². The van der Waals surface area contributed by atoms with E-state index >= 15 is 0 Å². The Bertz CT molecular complexity index is 639. The first-order chi connectivity index (χ1) is 13.5. The number of amides is 1. The maximum absolute atomic E-state index is 12.6. The summed E-state index contributed by atoms with van der Waals surface area (Å²) in [6.45, 7) is 6.16. The van der Waals surface area contributed by atoms with Crippen molar-refractivity contribution in [1.82, 2.24) is 15.1 Å². The molecule has 1 amide bonds. The number of rotatable bonds is 7. The number of piperidine rings is 1. The van der Waals surface area contributed by atoms with Crippen molar-refractivity contribution in [3.63, 3.8) is 0 Å². The zero-order valence-corrected chi connectivity index (χ0v) is 16.9. The number of likely N-dealkylation sites (tertiary alicyclic amines) is 1. The number of ether oxygens (including phenoxy) is 1. The fourth-order valence-electron chi connectivity index (χ4n) is 3.69. The van der Waals surface area contributed by atoms with E-state index in [1.165, 1.54) is 0 Å². The molecule has 2 fully saturated rings. The van der Waals surface area contributed by atoms with E-state index in [0.29, 0.717) is 30.1 Å². The highest BCUT2D eigenvalue weighted by Gasteiger charge is 2.41. The third kappa shape index (κ3) is 5.65. The Kier molecular flexibility index (Phi) is 7.68. The standard InChI is InChI=1S/C20H30ClN3O4/c21-17-4-2-16(3-5-17)19(26)24-9-6-20(27,18(25)14-24)15-22-7-1-8-23-10-12-28-13-11-23/h2-5,18,22,25,27H,1,6-15H2/t18-,20-/m0/s1. The van der Waals surface area contributed by atoms with Crippen molar-refractivity contribution in [3.05, 3.63) is 34.9 Å². The second-order valence-corrected chi connectivity index (χ2v) is 8.05. The maximum atomic E-state index is 12.6. The van der Waals surface area contributed by atoms with Crippen LogP contribution in [0.3, 0.4) is 0 Å². The van der Waals surface area contributed by atoms with Crippen molar-refractivity contribution in [2.75, 3.05) is 59.0 Å². The Morgan fingerprint density at radius 2 is 1.96 bits per heavy atom. The Morgan fingerprint density at radius 1 is 1.25 bits per heavy atom. The van der Waals surface area contributed by atoms with E-state index in [-0.39, 0.29) is 12.5 Å². The van der Waals surface area contributed by atoms with E-state index in [4.69, 9.17) is 16.3 Å². The van der Waals surface area contributed by atoms with Crippen LogP contribution in [0.25, 0.3) is 0 Å². The first kappa shape index (κ1) is 21.5. The number of hydrogen-bond donors (Lipinski definition) is 3.